The summed E-state index contributed by atoms with van der Waals surface area (Å²) < 4.78 is 11.3. The van der Waals surface area contributed by atoms with Crippen LogP contribution < -0.4 is 10.1 Å². The monoisotopic (exact) mass is 277 g/mol. The summed E-state index contributed by atoms with van der Waals surface area (Å²) in [4.78, 5) is 0. The van der Waals surface area contributed by atoms with E-state index in [-0.39, 0.29) is 11.2 Å². The smallest absolute Gasteiger partial charge is 0.118 e. The summed E-state index contributed by atoms with van der Waals surface area (Å²) in [5, 5.41) is 3.71. The molecule has 0 aliphatic carbocycles. The second-order valence-electron chi connectivity index (χ2n) is 6.88. The average molecular weight is 277 g/mol. The highest BCUT2D eigenvalue weighted by Gasteiger charge is 2.46. The van der Waals surface area contributed by atoms with Gasteiger partial charge in [-0.3, -0.25) is 0 Å². The molecule has 0 radical (unpaired) electrons. The Balaban J connectivity index is 2.05. The van der Waals surface area contributed by atoms with Gasteiger partial charge >= 0.3 is 0 Å². The maximum atomic E-state index is 6.14. The standard InChI is InChI=1S/C17H27NO2/c1-12(13-7-9-14(19-6)10-8-13)18-15-11-16(2,3)20-17(15,4)5/h7-10,12,15,18H,11H2,1-6H3/t12-,15?/m1/s1. The molecule has 0 bridgehead atoms. The molecule has 0 aromatic heterocycles. The molecule has 20 heavy (non-hydrogen) atoms. The van der Waals surface area contributed by atoms with Gasteiger partial charge in [0.1, 0.15) is 5.75 Å². The summed E-state index contributed by atoms with van der Waals surface area (Å²) in [5.74, 6) is 0.895. The van der Waals surface area contributed by atoms with Crippen LogP contribution in [0.3, 0.4) is 0 Å². The molecule has 112 valence electrons. The minimum absolute atomic E-state index is 0.0548. The first-order valence-corrected chi connectivity index (χ1v) is 7.34. The van der Waals surface area contributed by atoms with Crippen LogP contribution in [-0.2, 0) is 4.74 Å². The Hall–Kier alpha value is -1.06. The Bertz CT molecular complexity index is 451. The third kappa shape index (κ3) is 3.33. The molecule has 1 heterocycles. The lowest BCUT2D eigenvalue weighted by molar-refractivity contribution is -0.0703. The van der Waals surface area contributed by atoms with Crippen molar-refractivity contribution in [1.82, 2.24) is 5.32 Å². The molecule has 1 aromatic rings. The van der Waals surface area contributed by atoms with E-state index in [1.807, 2.05) is 12.1 Å². The van der Waals surface area contributed by atoms with Crippen LogP contribution in [-0.4, -0.2) is 24.4 Å². The first-order chi connectivity index (χ1) is 9.23. The average Bonchev–Trinajstić information content (AvgIpc) is 2.57. The number of hydrogen-bond acceptors (Lipinski definition) is 3. The van der Waals surface area contributed by atoms with E-state index in [1.54, 1.807) is 7.11 Å². The van der Waals surface area contributed by atoms with E-state index >= 15 is 0 Å². The van der Waals surface area contributed by atoms with Gasteiger partial charge in [-0.1, -0.05) is 12.1 Å². The number of benzene rings is 1. The largest absolute Gasteiger partial charge is 0.497 e. The molecule has 3 heteroatoms. The second-order valence-corrected chi connectivity index (χ2v) is 6.88. The van der Waals surface area contributed by atoms with Gasteiger partial charge in [-0.05, 0) is 58.7 Å². The van der Waals surface area contributed by atoms with Gasteiger partial charge in [0.05, 0.1) is 18.3 Å². The highest BCUT2D eigenvalue weighted by Crippen LogP contribution is 2.38. The number of hydrogen-bond donors (Lipinski definition) is 1. The Morgan fingerprint density at radius 3 is 2.25 bits per heavy atom. The van der Waals surface area contributed by atoms with Gasteiger partial charge in [-0.25, -0.2) is 0 Å². The van der Waals surface area contributed by atoms with Crippen molar-refractivity contribution in [1.29, 1.82) is 0 Å². The van der Waals surface area contributed by atoms with Gasteiger partial charge in [0.15, 0.2) is 0 Å². The van der Waals surface area contributed by atoms with Crippen LogP contribution in [0, 0.1) is 0 Å². The fourth-order valence-electron chi connectivity index (χ4n) is 3.11. The van der Waals surface area contributed by atoms with Crippen LogP contribution >= 0.6 is 0 Å². The topological polar surface area (TPSA) is 30.5 Å². The summed E-state index contributed by atoms with van der Waals surface area (Å²) in [6.07, 6.45) is 1.03. The molecule has 1 fully saturated rings. The molecule has 1 aliphatic heterocycles. The normalized spacial score (nSPS) is 25.4. The summed E-state index contributed by atoms with van der Waals surface area (Å²) in [6, 6.07) is 8.90. The lowest BCUT2D eigenvalue weighted by Crippen LogP contribution is -2.44. The Kier molecular flexibility index (Phi) is 4.12. The lowest BCUT2D eigenvalue weighted by atomic mass is 9.93. The molecular weight excluding hydrogens is 250 g/mol. The Labute approximate surface area is 122 Å². The zero-order valence-electron chi connectivity index (χ0n) is 13.5. The molecule has 0 spiro atoms. The molecule has 1 saturated heterocycles. The van der Waals surface area contributed by atoms with Gasteiger partial charge in [-0.15, -0.1) is 0 Å². The first kappa shape index (κ1) is 15.3. The van der Waals surface area contributed by atoms with Gasteiger partial charge in [-0.2, -0.15) is 0 Å². The van der Waals surface area contributed by atoms with E-state index in [0.29, 0.717) is 12.1 Å². The highest BCUT2D eigenvalue weighted by atomic mass is 16.5. The molecule has 1 N–H and O–H groups in total. The van der Waals surface area contributed by atoms with E-state index in [4.69, 9.17) is 9.47 Å². The number of methoxy groups -OCH3 is 1. The quantitative estimate of drug-likeness (QED) is 0.910. The van der Waals surface area contributed by atoms with Crippen LogP contribution in [0.25, 0.3) is 0 Å². The molecule has 2 atom stereocenters. The van der Waals surface area contributed by atoms with Crippen LogP contribution in [0.1, 0.15) is 52.6 Å². The van der Waals surface area contributed by atoms with Gasteiger partial charge in [0.25, 0.3) is 0 Å². The van der Waals surface area contributed by atoms with Crippen molar-refractivity contribution in [3.63, 3.8) is 0 Å². The first-order valence-electron chi connectivity index (χ1n) is 7.34. The van der Waals surface area contributed by atoms with Crippen molar-refractivity contribution < 1.29 is 9.47 Å². The lowest BCUT2D eigenvalue weighted by Gasteiger charge is -2.30. The predicted octanol–water partition coefficient (Wildman–Crippen LogP) is 3.69. The van der Waals surface area contributed by atoms with E-state index in [9.17, 15) is 0 Å². The number of rotatable bonds is 4. The SMILES string of the molecule is COc1ccc([C@@H](C)NC2CC(C)(C)OC2(C)C)cc1. The summed E-state index contributed by atoms with van der Waals surface area (Å²) >= 11 is 0. The summed E-state index contributed by atoms with van der Waals surface area (Å²) in [7, 11) is 1.69. The molecule has 0 amide bonds. The summed E-state index contributed by atoms with van der Waals surface area (Å²) in [6.45, 7) is 10.9. The van der Waals surface area contributed by atoms with E-state index in [1.165, 1.54) is 5.56 Å². The zero-order chi connectivity index (χ0) is 15.0. The van der Waals surface area contributed by atoms with Crippen molar-refractivity contribution in [2.24, 2.45) is 0 Å². The molecule has 2 rings (SSSR count). The predicted molar refractivity (Wildman–Crippen MR) is 82.2 cm³/mol. The molecule has 1 unspecified atom stereocenters. The molecule has 3 nitrogen and oxygen atoms in total. The van der Waals surface area contributed by atoms with E-state index in [2.05, 4.69) is 52.1 Å². The fourth-order valence-corrected chi connectivity index (χ4v) is 3.11. The van der Waals surface area contributed by atoms with E-state index in [0.717, 1.165) is 12.2 Å². The van der Waals surface area contributed by atoms with Crippen LogP contribution in [0.4, 0.5) is 0 Å². The number of nitrogens with one attached hydrogen (secondary N) is 1. The van der Waals surface area contributed by atoms with Crippen molar-refractivity contribution >= 4 is 0 Å². The van der Waals surface area contributed by atoms with Crippen molar-refractivity contribution in [2.45, 2.75) is 64.3 Å². The minimum atomic E-state index is -0.135. The maximum Gasteiger partial charge on any atom is 0.118 e. The van der Waals surface area contributed by atoms with E-state index < -0.39 is 0 Å². The fraction of sp³-hybridized carbons (Fsp3) is 0.647. The van der Waals surface area contributed by atoms with Gasteiger partial charge < -0.3 is 14.8 Å². The van der Waals surface area contributed by atoms with Gasteiger partial charge in [0, 0.05) is 12.1 Å². The molecule has 0 saturated carbocycles. The zero-order valence-corrected chi connectivity index (χ0v) is 13.5. The third-order valence-electron chi connectivity index (χ3n) is 4.14. The van der Waals surface area contributed by atoms with Crippen molar-refractivity contribution in [2.75, 3.05) is 7.11 Å². The summed E-state index contributed by atoms with van der Waals surface area (Å²) in [5.41, 5.74) is 1.08. The Morgan fingerprint density at radius 2 is 1.80 bits per heavy atom. The molecule has 1 aliphatic rings. The maximum absolute atomic E-state index is 6.14. The van der Waals surface area contributed by atoms with Crippen LogP contribution in [0.15, 0.2) is 24.3 Å². The minimum Gasteiger partial charge on any atom is -0.497 e. The second kappa shape index (κ2) is 5.38. The number of ether oxygens (including phenoxy) is 2. The highest BCUT2D eigenvalue weighted by molar-refractivity contribution is 5.29. The molecule has 1 aromatic carbocycles. The van der Waals surface area contributed by atoms with Gasteiger partial charge in [0.2, 0.25) is 0 Å². The van der Waals surface area contributed by atoms with Crippen LogP contribution in [0.5, 0.6) is 5.75 Å². The van der Waals surface area contributed by atoms with Crippen LogP contribution in [0.2, 0.25) is 0 Å². The van der Waals surface area contributed by atoms with Crippen molar-refractivity contribution in [3.05, 3.63) is 29.8 Å². The molecular formula is C17H27NO2. The third-order valence-corrected chi connectivity index (χ3v) is 4.14. The van der Waals surface area contributed by atoms with Crippen molar-refractivity contribution in [3.8, 4) is 5.75 Å². The Morgan fingerprint density at radius 1 is 1.20 bits per heavy atom.